The predicted molar refractivity (Wildman–Crippen MR) is 83.1 cm³/mol. The molecule has 0 aliphatic carbocycles. The number of nitrogens with zero attached hydrogens (tertiary/aromatic N) is 2. The second-order valence-electron chi connectivity index (χ2n) is 5.13. The van der Waals surface area contributed by atoms with Gasteiger partial charge in [-0.25, -0.2) is 18.0 Å². The molecular formula is C18H9F3N2O2. The third-order valence-corrected chi connectivity index (χ3v) is 3.67. The van der Waals surface area contributed by atoms with E-state index in [0.717, 1.165) is 6.20 Å². The number of hydrogen-bond acceptors (Lipinski definition) is 4. The summed E-state index contributed by atoms with van der Waals surface area (Å²) < 4.78 is 46.1. The standard InChI is InChI=1S/C18H9F3N2O2/c1-25-18(24)9-2-3-12-10(7-22)8-23-17(13(12)4-9)16-14(20)5-11(19)6-15(16)21/h2-6,8H,1H3. The van der Waals surface area contributed by atoms with Gasteiger partial charge < -0.3 is 4.74 Å². The van der Waals surface area contributed by atoms with Crippen molar-refractivity contribution in [2.75, 3.05) is 7.11 Å². The van der Waals surface area contributed by atoms with Crippen LogP contribution in [0, 0.1) is 28.8 Å². The Kier molecular flexibility index (Phi) is 4.11. The highest BCUT2D eigenvalue weighted by Crippen LogP contribution is 2.33. The Morgan fingerprint density at radius 2 is 1.80 bits per heavy atom. The first-order valence-electron chi connectivity index (χ1n) is 7.02. The second kappa shape index (κ2) is 6.24. The van der Waals surface area contributed by atoms with Gasteiger partial charge in [0.25, 0.3) is 0 Å². The number of esters is 1. The average molecular weight is 342 g/mol. The number of carbonyl (C=O) groups excluding carboxylic acids is 1. The summed E-state index contributed by atoms with van der Waals surface area (Å²) >= 11 is 0. The Morgan fingerprint density at radius 3 is 2.40 bits per heavy atom. The van der Waals surface area contributed by atoms with Gasteiger partial charge in [0, 0.05) is 29.1 Å². The van der Waals surface area contributed by atoms with Crippen molar-refractivity contribution in [3.05, 3.63) is 65.1 Å². The molecule has 124 valence electrons. The molecule has 3 aromatic rings. The molecule has 0 aliphatic rings. The lowest BCUT2D eigenvalue weighted by atomic mass is 9.98. The van der Waals surface area contributed by atoms with Crippen molar-refractivity contribution >= 4 is 16.7 Å². The minimum atomic E-state index is -1.14. The van der Waals surface area contributed by atoms with Gasteiger partial charge in [-0.2, -0.15) is 5.26 Å². The first-order chi connectivity index (χ1) is 12.0. The van der Waals surface area contributed by atoms with Crippen LogP contribution in [0.3, 0.4) is 0 Å². The fourth-order valence-corrected chi connectivity index (χ4v) is 2.54. The van der Waals surface area contributed by atoms with Gasteiger partial charge in [0.2, 0.25) is 0 Å². The number of carbonyl (C=O) groups is 1. The number of benzene rings is 2. The topological polar surface area (TPSA) is 63.0 Å². The summed E-state index contributed by atoms with van der Waals surface area (Å²) in [5.74, 6) is -4.00. The summed E-state index contributed by atoms with van der Waals surface area (Å²) in [5.41, 5.74) is -0.401. The van der Waals surface area contributed by atoms with E-state index in [1.165, 1.54) is 25.3 Å². The van der Waals surface area contributed by atoms with Gasteiger partial charge >= 0.3 is 5.97 Å². The second-order valence-corrected chi connectivity index (χ2v) is 5.13. The highest BCUT2D eigenvalue weighted by molar-refractivity contribution is 6.02. The van der Waals surface area contributed by atoms with Gasteiger partial charge in [0.15, 0.2) is 0 Å². The zero-order valence-corrected chi connectivity index (χ0v) is 12.8. The van der Waals surface area contributed by atoms with Crippen LogP contribution < -0.4 is 0 Å². The Balaban J connectivity index is 2.40. The van der Waals surface area contributed by atoms with Crippen LogP contribution in [-0.4, -0.2) is 18.1 Å². The Hall–Kier alpha value is -3.40. The van der Waals surface area contributed by atoms with Gasteiger partial charge in [-0.3, -0.25) is 4.98 Å². The minimum absolute atomic E-state index is 0.121. The normalized spacial score (nSPS) is 10.5. The van der Waals surface area contributed by atoms with Crippen LogP contribution >= 0.6 is 0 Å². The number of hydrogen-bond donors (Lipinski definition) is 0. The van der Waals surface area contributed by atoms with E-state index in [0.29, 0.717) is 17.5 Å². The van der Waals surface area contributed by atoms with Crippen LogP contribution in [-0.2, 0) is 4.74 Å². The third-order valence-electron chi connectivity index (χ3n) is 3.67. The molecule has 0 spiro atoms. The highest BCUT2D eigenvalue weighted by Gasteiger charge is 2.20. The van der Waals surface area contributed by atoms with Crippen molar-refractivity contribution in [3.63, 3.8) is 0 Å². The van der Waals surface area contributed by atoms with Gasteiger partial charge in [0.1, 0.15) is 23.5 Å². The van der Waals surface area contributed by atoms with E-state index in [9.17, 15) is 23.2 Å². The monoisotopic (exact) mass is 342 g/mol. The highest BCUT2D eigenvalue weighted by atomic mass is 19.1. The van der Waals surface area contributed by atoms with E-state index in [4.69, 9.17) is 0 Å². The smallest absolute Gasteiger partial charge is 0.337 e. The SMILES string of the molecule is COC(=O)c1ccc2c(C#N)cnc(-c3c(F)cc(F)cc3F)c2c1. The summed E-state index contributed by atoms with van der Waals surface area (Å²) in [5, 5.41) is 9.71. The molecule has 0 amide bonds. The molecule has 3 rings (SSSR count). The molecule has 0 saturated carbocycles. The van der Waals surface area contributed by atoms with Crippen molar-refractivity contribution in [1.29, 1.82) is 5.26 Å². The van der Waals surface area contributed by atoms with Crippen LogP contribution in [0.15, 0.2) is 36.5 Å². The molecule has 0 fully saturated rings. The minimum Gasteiger partial charge on any atom is -0.465 e. The number of aromatic nitrogens is 1. The zero-order valence-electron chi connectivity index (χ0n) is 12.8. The maximum Gasteiger partial charge on any atom is 0.337 e. The van der Waals surface area contributed by atoms with E-state index < -0.39 is 29.0 Å². The summed E-state index contributed by atoms with van der Waals surface area (Å²) in [6, 6.07) is 7.21. The lowest BCUT2D eigenvalue weighted by Crippen LogP contribution is -2.02. The molecule has 0 unspecified atom stereocenters. The van der Waals surface area contributed by atoms with E-state index in [-0.39, 0.29) is 22.2 Å². The summed E-state index contributed by atoms with van der Waals surface area (Å²) in [7, 11) is 1.19. The van der Waals surface area contributed by atoms with Gasteiger partial charge in [0.05, 0.1) is 29.5 Å². The average Bonchev–Trinajstić information content (AvgIpc) is 2.59. The number of pyridine rings is 1. The molecule has 1 aromatic heterocycles. The largest absolute Gasteiger partial charge is 0.465 e. The third kappa shape index (κ3) is 2.78. The number of fused-ring (bicyclic) bond motifs is 1. The summed E-state index contributed by atoms with van der Waals surface area (Å²) in [6.45, 7) is 0. The van der Waals surface area contributed by atoms with E-state index in [1.807, 2.05) is 6.07 Å². The molecule has 0 atom stereocenters. The lowest BCUT2D eigenvalue weighted by molar-refractivity contribution is 0.0601. The van der Waals surface area contributed by atoms with Crippen molar-refractivity contribution in [2.45, 2.75) is 0 Å². The molecular weight excluding hydrogens is 333 g/mol. The fraction of sp³-hybridized carbons (Fsp3) is 0.0556. The maximum absolute atomic E-state index is 14.2. The lowest BCUT2D eigenvalue weighted by Gasteiger charge is -2.10. The predicted octanol–water partition coefficient (Wildman–Crippen LogP) is 3.98. The number of nitriles is 1. The number of rotatable bonds is 2. The van der Waals surface area contributed by atoms with E-state index in [1.54, 1.807) is 0 Å². The molecule has 0 radical (unpaired) electrons. The van der Waals surface area contributed by atoms with Crippen molar-refractivity contribution in [1.82, 2.24) is 4.98 Å². The number of halogens is 3. The molecule has 25 heavy (non-hydrogen) atoms. The van der Waals surface area contributed by atoms with E-state index >= 15 is 0 Å². The quantitative estimate of drug-likeness (QED) is 0.661. The van der Waals surface area contributed by atoms with Crippen molar-refractivity contribution < 1.29 is 22.7 Å². The molecule has 0 saturated heterocycles. The van der Waals surface area contributed by atoms with Crippen molar-refractivity contribution in [3.8, 4) is 17.3 Å². The van der Waals surface area contributed by atoms with Crippen LogP contribution in [0.1, 0.15) is 15.9 Å². The summed E-state index contributed by atoms with van der Waals surface area (Å²) in [4.78, 5) is 15.7. The Bertz CT molecular complexity index is 1040. The number of methoxy groups -OCH3 is 1. The fourth-order valence-electron chi connectivity index (χ4n) is 2.54. The van der Waals surface area contributed by atoms with Gasteiger partial charge in [-0.15, -0.1) is 0 Å². The molecule has 2 aromatic carbocycles. The van der Waals surface area contributed by atoms with Crippen LogP contribution in [0.2, 0.25) is 0 Å². The van der Waals surface area contributed by atoms with Crippen LogP contribution in [0.25, 0.3) is 22.0 Å². The number of ether oxygens (including phenoxy) is 1. The Labute approximate surface area is 140 Å². The first kappa shape index (κ1) is 16.5. The van der Waals surface area contributed by atoms with E-state index in [2.05, 4.69) is 9.72 Å². The molecule has 0 bridgehead atoms. The van der Waals surface area contributed by atoms with Gasteiger partial charge in [-0.05, 0) is 12.1 Å². The molecule has 0 N–H and O–H groups in total. The summed E-state index contributed by atoms with van der Waals surface area (Å²) in [6.07, 6.45) is 1.16. The zero-order chi connectivity index (χ0) is 18.1. The molecule has 4 nitrogen and oxygen atoms in total. The molecule has 0 aliphatic heterocycles. The molecule has 1 heterocycles. The molecule has 7 heteroatoms. The van der Waals surface area contributed by atoms with Crippen molar-refractivity contribution in [2.24, 2.45) is 0 Å². The maximum atomic E-state index is 14.2. The van der Waals surface area contributed by atoms with Crippen LogP contribution in [0.5, 0.6) is 0 Å². The first-order valence-corrected chi connectivity index (χ1v) is 7.02. The van der Waals surface area contributed by atoms with Gasteiger partial charge in [-0.1, -0.05) is 6.07 Å². The Morgan fingerprint density at radius 1 is 1.12 bits per heavy atom. The van der Waals surface area contributed by atoms with Crippen LogP contribution in [0.4, 0.5) is 13.2 Å².